The Balaban J connectivity index is 1.46. The van der Waals surface area contributed by atoms with E-state index < -0.39 is 0 Å². The lowest BCUT2D eigenvalue weighted by molar-refractivity contribution is 0.621. The third-order valence-electron chi connectivity index (χ3n) is 5.02. The molecule has 0 unspecified atom stereocenters. The van der Waals surface area contributed by atoms with E-state index in [2.05, 4.69) is 31.9 Å². The number of nitrogens with one attached hydrogen (secondary N) is 1. The summed E-state index contributed by atoms with van der Waals surface area (Å²) >= 11 is 0. The van der Waals surface area contributed by atoms with E-state index in [1.54, 1.807) is 12.4 Å². The Morgan fingerprint density at radius 2 is 2.00 bits per heavy atom. The molecule has 3 aromatic heterocycles. The highest BCUT2D eigenvalue weighted by Gasteiger charge is 2.10. The maximum absolute atomic E-state index is 13.5. The van der Waals surface area contributed by atoms with Crippen LogP contribution in [0.15, 0.2) is 67.3 Å². The molecule has 1 N–H and O–H groups in total. The van der Waals surface area contributed by atoms with E-state index in [1.165, 1.54) is 12.1 Å². The first-order valence-electron chi connectivity index (χ1n) is 9.48. The number of aromatic nitrogens is 5. The van der Waals surface area contributed by atoms with Gasteiger partial charge in [-0.2, -0.15) is 5.10 Å². The number of hydrogen-bond donors (Lipinski definition) is 1. The van der Waals surface area contributed by atoms with Gasteiger partial charge in [0.25, 0.3) is 0 Å². The van der Waals surface area contributed by atoms with Crippen molar-refractivity contribution < 1.29 is 4.39 Å². The molecular weight excluding hydrogens is 367 g/mol. The predicted molar refractivity (Wildman–Crippen MR) is 112 cm³/mol. The van der Waals surface area contributed by atoms with Crippen molar-refractivity contribution in [2.75, 3.05) is 5.32 Å². The lowest BCUT2D eigenvalue weighted by atomic mass is 10.2. The van der Waals surface area contributed by atoms with Crippen molar-refractivity contribution in [3.8, 4) is 0 Å². The Bertz CT molecular complexity index is 1320. The second-order valence-electron chi connectivity index (χ2n) is 6.89. The SMILES string of the molecule is CCn1ccc2ncnc(Nc3ccc4c(cnn4Cc4cccc(F)c4)c3)c21. The second-order valence-corrected chi connectivity index (χ2v) is 6.89. The van der Waals surface area contributed by atoms with Gasteiger partial charge in [-0.3, -0.25) is 4.68 Å². The van der Waals surface area contributed by atoms with Crippen LogP contribution in [0, 0.1) is 5.82 Å². The molecule has 0 saturated heterocycles. The minimum Gasteiger partial charge on any atom is -0.343 e. The van der Waals surface area contributed by atoms with Gasteiger partial charge in [0.15, 0.2) is 5.82 Å². The average molecular weight is 386 g/mol. The molecule has 0 amide bonds. The van der Waals surface area contributed by atoms with Crippen LogP contribution in [0.3, 0.4) is 0 Å². The molecule has 3 heterocycles. The molecule has 0 fully saturated rings. The van der Waals surface area contributed by atoms with Crippen LogP contribution in [0.5, 0.6) is 0 Å². The predicted octanol–water partition coefficient (Wildman–Crippen LogP) is 4.73. The van der Waals surface area contributed by atoms with E-state index in [0.29, 0.717) is 6.54 Å². The zero-order chi connectivity index (χ0) is 19.8. The van der Waals surface area contributed by atoms with Crippen LogP contribution in [-0.4, -0.2) is 24.3 Å². The van der Waals surface area contributed by atoms with Crippen LogP contribution in [0.1, 0.15) is 12.5 Å². The molecule has 0 atom stereocenters. The second kappa shape index (κ2) is 7.01. The maximum Gasteiger partial charge on any atom is 0.158 e. The molecule has 7 heteroatoms. The molecule has 0 bridgehead atoms. The molecule has 5 aromatic rings. The number of hydrogen-bond acceptors (Lipinski definition) is 4. The molecule has 0 spiro atoms. The highest BCUT2D eigenvalue weighted by atomic mass is 19.1. The summed E-state index contributed by atoms with van der Waals surface area (Å²) in [5.41, 5.74) is 4.68. The zero-order valence-corrected chi connectivity index (χ0v) is 15.9. The topological polar surface area (TPSA) is 60.6 Å². The van der Waals surface area contributed by atoms with Gasteiger partial charge >= 0.3 is 0 Å². The summed E-state index contributed by atoms with van der Waals surface area (Å²) in [5.74, 6) is 0.534. The molecule has 5 rings (SSSR count). The Kier molecular flexibility index (Phi) is 4.20. The summed E-state index contributed by atoms with van der Waals surface area (Å²) in [6.45, 7) is 3.46. The Morgan fingerprint density at radius 1 is 1.07 bits per heavy atom. The van der Waals surface area contributed by atoms with Crippen molar-refractivity contribution in [3.05, 3.63) is 78.6 Å². The number of rotatable bonds is 5. The van der Waals surface area contributed by atoms with Crippen LogP contribution in [0.4, 0.5) is 15.9 Å². The Morgan fingerprint density at radius 3 is 2.86 bits per heavy atom. The summed E-state index contributed by atoms with van der Waals surface area (Å²) in [6, 6.07) is 14.6. The van der Waals surface area contributed by atoms with E-state index >= 15 is 0 Å². The number of nitrogens with zero attached hydrogens (tertiary/aromatic N) is 5. The summed E-state index contributed by atoms with van der Waals surface area (Å²) < 4.78 is 17.5. The molecule has 144 valence electrons. The zero-order valence-electron chi connectivity index (χ0n) is 15.9. The third-order valence-corrected chi connectivity index (χ3v) is 5.02. The quantitative estimate of drug-likeness (QED) is 0.474. The number of aryl methyl sites for hydroxylation is 1. The van der Waals surface area contributed by atoms with Crippen molar-refractivity contribution in [1.82, 2.24) is 24.3 Å². The van der Waals surface area contributed by atoms with E-state index in [4.69, 9.17) is 0 Å². The minimum absolute atomic E-state index is 0.238. The van der Waals surface area contributed by atoms with Gasteiger partial charge in [-0.05, 0) is 48.9 Å². The van der Waals surface area contributed by atoms with E-state index in [-0.39, 0.29) is 5.82 Å². The molecule has 0 aliphatic rings. The fourth-order valence-corrected chi connectivity index (χ4v) is 3.62. The summed E-state index contributed by atoms with van der Waals surface area (Å²) in [5, 5.41) is 8.88. The normalized spacial score (nSPS) is 11.4. The smallest absolute Gasteiger partial charge is 0.158 e. The molecule has 0 aliphatic heterocycles. The van der Waals surface area contributed by atoms with Crippen molar-refractivity contribution in [1.29, 1.82) is 0 Å². The van der Waals surface area contributed by atoms with Crippen LogP contribution in [-0.2, 0) is 13.1 Å². The van der Waals surface area contributed by atoms with Crippen molar-refractivity contribution >= 4 is 33.4 Å². The molecular formula is C22H19FN6. The fourth-order valence-electron chi connectivity index (χ4n) is 3.62. The number of anilines is 2. The first kappa shape index (κ1) is 17.4. The Hall–Kier alpha value is -3.74. The standard InChI is InChI=1S/C22H19FN6/c1-2-28-9-8-19-21(28)22(25-14-24-19)27-18-6-7-20-16(11-18)12-26-29(20)13-15-4-3-5-17(23)10-15/h3-12,14H,2,13H2,1H3,(H,24,25,27). The average Bonchev–Trinajstić information content (AvgIpc) is 3.32. The molecule has 29 heavy (non-hydrogen) atoms. The van der Waals surface area contributed by atoms with Crippen LogP contribution >= 0.6 is 0 Å². The fraction of sp³-hybridized carbons (Fsp3) is 0.136. The van der Waals surface area contributed by atoms with Gasteiger partial charge in [-0.1, -0.05) is 12.1 Å². The highest BCUT2D eigenvalue weighted by molar-refractivity contribution is 5.90. The van der Waals surface area contributed by atoms with Gasteiger partial charge in [-0.25, -0.2) is 14.4 Å². The van der Waals surface area contributed by atoms with Crippen molar-refractivity contribution in [2.24, 2.45) is 0 Å². The summed E-state index contributed by atoms with van der Waals surface area (Å²) in [4.78, 5) is 8.77. The summed E-state index contributed by atoms with van der Waals surface area (Å²) in [7, 11) is 0. The van der Waals surface area contributed by atoms with Gasteiger partial charge in [0.05, 0.1) is 23.8 Å². The lowest BCUT2D eigenvalue weighted by Gasteiger charge is -2.10. The van der Waals surface area contributed by atoms with Crippen LogP contribution < -0.4 is 5.32 Å². The first-order valence-corrected chi connectivity index (χ1v) is 9.48. The largest absolute Gasteiger partial charge is 0.343 e. The number of benzene rings is 2. The number of fused-ring (bicyclic) bond motifs is 2. The molecule has 0 radical (unpaired) electrons. The first-order chi connectivity index (χ1) is 14.2. The van der Waals surface area contributed by atoms with E-state index in [0.717, 1.165) is 45.5 Å². The van der Waals surface area contributed by atoms with Gasteiger partial charge in [0.2, 0.25) is 0 Å². The van der Waals surface area contributed by atoms with E-state index in [9.17, 15) is 4.39 Å². The lowest BCUT2D eigenvalue weighted by Crippen LogP contribution is -2.02. The van der Waals surface area contributed by atoms with E-state index in [1.807, 2.05) is 47.4 Å². The monoisotopic (exact) mass is 386 g/mol. The minimum atomic E-state index is -0.238. The van der Waals surface area contributed by atoms with Gasteiger partial charge in [0, 0.05) is 23.8 Å². The van der Waals surface area contributed by atoms with Gasteiger partial charge in [-0.15, -0.1) is 0 Å². The van der Waals surface area contributed by atoms with Crippen LogP contribution in [0.2, 0.25) is 0 Å². The van der Waals surface area contributed by atoms with Crippen molar-refractivity contribution in [3.63, 3.8) is 0 Å². The maximum atomic E-state index is 13.5. The van der Waals surface area contributed by atoms with Gasteiger partial charge < -0.3 is 9.88 Å². The van der Waals surface area contributed by atoms with Gasteiger partial charge in [0.1, 0.15) is 17.7 Å². The third kappa shape index (κ3) is 3.20. The molecule has 0 saturated carbocycles. The molecule has 2 aromatic carbocycles. The van der Waals surface area contributed by atoms with Crippen LogP contribution in [0.25, 0.3) is 21.9 Å². The number of halogens is 1. The molecule has 0 aliphatic carbocycles. The highest BCUT2D eigenvalue weighted by Crippen LogP contribution is 2.26. The summed E-state index contributed by atoms with van der Waals surface area (Å²) in [6.07, 6.45) is 5.41. The Labute approximate surface area is 166 Å². The molecule has 6 nitrogen and oxygen atoms in total. The van der Waals surface area contributed by atoms with Crippen molar-refractivity contribution in [2.45, 2.75) is 20.0 Å².